The smallest absolute Gasteiger partial charge is 0.269 e. The van der Waals surface area contributed by atoms with Gasteiger partial charge in [0.25, 0.3) is 11.6 Å². The Kier molecular flexibility index (Phi) is 6.49. The van der Waals surface area contributed by atoms with Crippen LogP contribution in [0.3, 0.4) is 0 Å². The van der Waals surface area contributed by atoms with Gasteiger partial charge in [0, 0.05) is 38.0 Å². The summed E-state index contributed by atoms with van der Waals surface area (Å²) in [5.74, 6) is -0.354. The minimum atomic E-state index is -3.57. The van der Waals surface area contributed by atoms with Crippen molar-refractivity contribution in [3.63, 3.8) is 0 Å². The number of hydrogen-bond acceptors (Lipinski definition) is 7. The van der Waals surface area contributed by atoms with Gasteiger partial charge >= 0.3 is 0 Å². The van der Waals surface area contributed by atoms with Gasteiger partial charge in [-0.1, -0.05) is 12.1 Å². The molecule has 1 fully saturated rings. The maximum atomic E-state index is 12.7. The summed E-state index contributed by atoms with van der Waals surface area (Å²) < 4.78 is 33.4. The topological polar surface area (TPSA) is 137 Å². The minimum absolute atomic E-state index is 0.0346. The molecule has 1 aliphatic heterocycles. The zero-order chi connectivity index (χ0) is 23.4. The Morgan fingerprint density at radius 3 is 2.39 bits per heavy atom. The van der Waals surface area contributed by atoms with Gasteiger partial charge in [-0.2, -0.15) is 9.40 Å². The normalized spacial score (nSPS) is 14.7. The van der Waals surface area contributed by atoms with Gasteiger partial charge in [-0.05, 0) is 29.8 Å². The molecule has 0 atom stereocenters. The maximum absolute atomic E-state index is 12.7. The van der Waals surface area contributed by atoms with Crippen LogP contribution in [-0.4, -0.2) is 59.6 Å². The third-order valence-corrected chi connectivity index (χ3v) is 7.07. The molecule has 2 heterocycles. The number of hydrogen-bond donors (Lipinski definition) is 1. The minimum Gasteiger partial charge on any atom is -0.379 e. The average molecular weight is 471 g/mol. The number of carbonyl (C=O) groups excluding carboxylic acids is 1. The second kappa shape index (κ2) is 9.48. The number of amides is 1. The highest BCUT2D eigenvalue weighted by atomic mass is 32.2. The molecule has 0 bridgehead atoms. The highest BCUT2D eigenvalue weighted by Crippen LogP contribution is 2.18. The Hall–Kier alpha value is -3.61. The quantitative estimate of drug-likeness (QED) is 0.409. The number of nitro groups is 1. The molecule has 11 nitrogen and oxygen atoms in total. The van der Waals surface area contributed by atoms with E-state index < -0.39 is 14.9 Å². The molecule has 2 aromatic carbocycles. The van der Waals surface area contributed by atoms with E-state index in [0.717, 1.165) is 5.56 Å². The van der Waals surface area contributed by atoms with E-state index in [1.54, 1.807) is 24.3 Å². The van der Waals surface area contributed by atoms with Crippen LogP contribution in [-0.2, 0) is 21.3 Å². The molecule has 0 spiro atoms. The molecule has 1 saturated heterocycles. The Bertz CT molecular complexity index is 1250. The molecule has 0 saturated carbocycles. The van der Waals surface area contributed by atoms with Gasteiger partial charge < -0.3 is 10.1 Å². The SMILES string of the molecule is O=C(NCc1ccc(S(=O)(=O)N2CCOCC2)cc1)c1cnn(-c2ccc([N+](=O)[O-])cc2)c1. The number of nitro benzene ring substituents is 1. The van der Waals surface area contributed by atoms with Crippen LogP contribution in [0.15, 0.2) is 65.8 Å². The first-order chi connectivity index (χ1) is 15.8. The van der Waals surface area contributed by atoms with Gasteiger partial charge in [0.15, 0.2) is 0 Å². The summed E-state index contributed by atoms with van der Waals surface area (Å²) in [5.41, 5.74) is 1.61. The van der Waals surface area contributed by atoms with Crippen molar-refractivity contribution in [1.29, 1.82) is 0 Å². The lowest BCUT2D eigenvalue weighted by atomic mass is 10.2. The van der Waals surface area contributed by atoms with Gasteiger partial charge in [-0.15, -0.1) is 0 Å². The second-order valence-electron chi connectivity index (χ2n) is 7.29. The summed E-state index contributed by atoms with van der Waals surface area (Å²) in [6.45, 7) is 1.62. The predicted octanol–water partition coefficient (Wildman–Crippen LogP) is 1.73. The van der Waals surface area contributed by atoms with E-state index in [9.17, 15) is 23.3 Å². The first-order valence-corrected chi connectivity index (χ1v) is 11.5. The zero-order valence-electron chi connectivity index (χ0n) is 17.5. The second-order valence-corrected chi connectivity index (χ2v) is 9.23. The number of benzene rings is 2. The standard InChI is InChI=1S/C21H21N5O6S/c27-21(17-14-23-25(15-17)18-3-5-19(6-4-18)26(28)29)22-13-16-1-7-20(8-2-16)33(30,31)24-9-11-32-12-10-24/h1-8,14-15H,9-13H2,(H,22,27). The van der Waals surface area contributed by atoms with E-state index >= 15 is 0 Å². The van der Waals surface area contributed by atoms with Crippen molar-refractivity contribution >= 4 is 21.6 Å². The van der Waals surface area contributed by atoms with Crippen molar-refractivity contribution in [2.24, 2.45) is 0 Å². The van der Waals surface area contributed by atoms with Crippen molar-refractivity contribution < 1.29 is 22.9 Å². The van der Waals surface area contributed by atoms with Gasteiger partial charge in [0.05, 0.1) is 40.5 Å². The fourth-order valence-electron chi connectivity index (χ4n) is 3.31. The third kappa shape index (κ3) is 5.08. The lowest BCUT2D eigenvalue weighted by molar-refractivity contribution is -0.384. The van der Waals surface area contributed by atoms with E-state index in [1.807, 2.05) is 0 Å². The van der Waals surface area contributed by atoms with Crippen molar-refractivity contribution in [2.75, 3.05) is 26.3 Å². The largest absolute Gasteiger partial charge is 0.379 e. The summed E-state index contributed by atoms with van der Waals surface area (Å²) in [6, 6.07) is 12.2. The number of sulfonamides is 1. The Morgan fingerprint density at radius 2 is 1.76 bits per heavy atom. The zero-order valence-corrected chi connectivity index (χ0v) is 18.3. The van der Waals surface area contributed by atoms with Gasteiger partial charge in [-0.25, -0.2) is 13.1 Å². The predicted molar refractivity (Wildman–Crippen MR) is 117 cm³/mol. The number of aromatic nitrogens is 2. The molecule has 1 N–H and O–H groups in total. The Morgan fingerprint density at radius 1 is 1.09 bits per heavy atom. The van der Waals surface area contributed by atoms with Gasteiger partial charge in [0.1, 0.15) is 0 Å². The van der Waals surface area contributed by atoms with E-state index in [2.05, 4.69) is 10.4 Å². The molecule has 1 aliphatic rings. The monoisotopic (exact) mass is 471 g/mol. The van der Waals surface area contributed by atoms with Crippen molar-refractivity contribution in [3.05, 3.63) is 82.2 Å². The average Bonchev–Trinajstić information content (AvgIpc) is 3.34. The molecule has 1 aromatic heterocycles. The summed E-state index contributed by atoms with van der Waals surface area (Å²) in [6.07, 6.45) is 2.92. The molecule has 0 aliphatic carbocycles. The Labute approximate surface area is 189 Å². The van der Waals surface area contributed by atoms with E-state index in [-0.39, 0.29) is 23.0 Å². The fourth-order valence-corrected chi connectivity index (χ4v) is 4.72. The first kappa shape index (κ1) is 22.6. The molecule has 1 amide bonds. The molecule has 172 valence electrons. The fraction of sp³-hybridized carbons (Fsp3) is 0.238. The molecule has 12 heteroatoms. The molecule has 0 unspecified atom stereocenters. The summed E-state index contributed by atoms with van der Waals surface area (Å²) in [7, 11) is -3.57. The van der Waals surface area contributed by atoms with E-state index in [4.69, 9.17) is 4.74 Å². The number of rotatable bonds is 7. The van der Waals surface area contributed by atoms with Crippen LogP contribution < -0.4 is 5.32 Å². The molecule has 3 aromatic rings. The van der Waals surface area contributed by atoms with Crippen molar-refractivity contribution in [1.82, 2.24) is 19.4 Å². The van der Waals surface area contributed by atoms with E-state index in [0.29, 0.717) is 37.6 Å². The number of morpholine rings is 1. The van der Waals surface area contributed by atoms with Crippen LogP contribution in [0.1, 0.15) is 15.9 Å². The lowest BCUT2D eigenvalue weighted by Crippen LogP contribution is -2.40. The molecular weight excluding hydrogens is 450 g/mol. The molecule has 0 radical (unpaired) electrons. The number of nitrogens with zero attached hydrogens (tertiary/aromatic N) is 4. The number of carbonyl (C=O) groups is 1. The number of ether oxygens (including phenoxy) is 1. The van der Waals surface area contributed by atoms with Crippen LogP contribution >= 0.6 is 0 Å². The van der Waals surface area contributed by atoms with Crippen LogP contribution in [0.4, 0.5) is 5.69 Å². The summed E-state index contributed by atoms with van der Waals surface area (Å²) in [4.78, 5) is 22.9. The third-order valence-electron chi connectivity index (χ3n) is 5.15. The van der Waals surface area contributed by atoms with Gasteiger partial charge in [0.2, 0.25) is 10.0 Å². The summed E-state index contributed by atoms with van der Waals surface area (Å²) >= 11 is 0. The van der Waals surface area contributed by atoms with Crippen molar-refractivity contribution in [3.8, 4) is 5.69 Å². The van der Waals surface area contributed by atoms with E-state index in [1.165, 1.54) is 45.6 Å². The maximum Gasteiger partial charge on any atom is 0.269 e. The number of non-ortho nitro benzene ring substituents is 1. The molecular formula is C21H21N5O6S. The van der Waals surface area contributed by atoms with Crippen LogP contribution in [0.5, 0.6) is 0 Å². The lowest BCUT2D eigenvalue weighted by Gasteiger charge is -2.26. The van der Waals surface area contributed by atoms with Crippen molar-refractivity contribution in [2.45, 2.75) is 11.4 Å². The van der Waals surface area contributed by atoms with Gasteiger partial charge in [-0.3, -0.25) is 14.9 Å². The van der Waals surface area contributed by atoms with Crippen LogP contribution in [0.2, 0.25) is 0 Å². The highest BCUT2D eigenvalue weighted by Gasteiger charge is 2.26. The Balaban J connectivity index is 1.36. The van der Waals surface area contributed by atoms with Crippen LogP contribution in [0.25, 0.3) is 5.69 Å². The first-order valence-electron chi connectivity index (χ1n) is 10.1. The molecule has 33 heavy (non-hydrogen) atoms. The van der Waals surface area contributed by atoms with Crippen LogP contribution in [0, 0.1) is 10.1 Å². The highest BCUT2D eigenvalue weighted by molar-refractivity contribution is 7.89. The number of nitrogens with one attached hydrogen (secondary N) is 1. The summed E-state index contributed by atoms with van der Waals surface area (Å²) in [5, 5.41) is 17.7. The molecule has 4 rings (SSSR count).